The normalized spacial score (nSPS) is 12.2. The van der Waals surface area contributed by atoms with Crippen LogP contribution in [-0.4, -0.2) is 11.6 Å². The first kappa shape index (κ1) is 19.8. The third kappa shape index (κ3) is 6.44. The number of rotatable bonds is 11. The van der Waals surface area contributed by atoms with Gasteiger partial charge in [-0.15, -0.1) is 0 Å². The van der Waals surface area contributed by atoms with Gasteiger partial charge in [-0.25, -0.2) is 0 Å². The Bertz CT molecular complexity index is 702. The van der Waals surface area contributed by atoms with Crippen molar-refractivity contribution in [1.82, 2.24) is 0 Å². The summed E-state index contributed by atoms with van der Waals surface area (Å²) in [6.45, 7) is 2.19. The molecule has 0 aromatic heterocycles. The fourth-order valence-corrected chi connectivity index (χ4v) is 3.00. The highest BCUT2D eigenvalue weighted by molar-refractivity contribution is 6.03. The average Bonchev–Trinajstić information content (AvgIpc) is 2.69. The Labute approximate surface area is 157 Å². The summed E-state index contributed by atoms with van der Waals surface area (Å²) in [5.74, 6) is -0.407. The number of carbonyl (C=O) groups excluding carboxylic acids is 2. The second-order valence-corrected chi connectivity index (χ2v) is 6.61. The number of carbonyl (C=O) groups is 2. The summed E-state index contributed by atoms with van der Waals surface area (Å²) >= 11 is 0. The van der Waals surface area contributed by atoms with E-state index in [9.17, 15) is 9.59 Å². The minimum absolute atomic E-state index is 0.00384. The Balaban J connectivity index is 2.05. The zero-order valence-electron chi connectivity index (χ0n) is 15.6. The van der Waals surface area contributed by atoms with Crippen LogP contribution >= 0.6 is 0 Å². The van der Waals surface area contributed by atoms with Gasteiger partial charge < -0.3 is 0 Å². The molecule has 1 unspecified atom stereocenters. The summed E-state index contributed by atoms with van der Waals surface area (Å²) in [6, 6.07) is 18.8. The van der Waals surface area contributed by atoms with Gasteiger partial charge in [0.05, 0.1) is 5.92 Å². The summed E-state index contributed by atoms with van der Waals surface area (Å²) in [5, 5.41) is 0. The molecule has 2 heteroatoms. The quantitative estimate of drug-likeness (QED) is 0.278. The van der Waals surface area contributed by atoms with Crippen molar-refractivity contribution < 1.29 is 9.59 Å². The molecule has 0 aliphatic carbocycles. The van der Waals surface area contributed by atoms with E-state index in [1.54, 1.807) is 18.2 Å². The predicted molar refractivity (Wildman–Crippen MR) is 107 cm³/mol. The van der Waals surface area contributed by atoms with E-state index in [-0.39, 0.29) is 18.0 Å². The lowest BCUT2D eigenvalue weighted by Crippen LogP contribution is -2.15. The van der Waals surface area contributed by atoms with Crippen molar-refractivity contribution >= 4 is 11.6 Å². The highest BCUT2D eigenvalue weighted by Gasteiger charge is 2.22. The van der Waals surface area contributed by atoms with E-state index in [0.29, 0.717) is 5.56 Å². The number of unbranched alkanes of at least 4 members (excludes halogenated alkanes) is 4. The lowest BCUT2D eigenvalue weighted by molar-refractivity contribution is -0.116. The van der Waals surface area contributed by atoms with E-state index in [4.69, 9.17) is 0 Å². The smallest absolute Gasteiger partial charge is 0.163 e. The summed E-state index contributed by atoms with van der Waals surface area (Å²) < 4.78 is 0. The van der Waals surface area contributed by atoms with Crippen LogP contribution in [0.5, 0.6) is 0 Å². The zero-order valence-corrected chi connectivity index (χ0v) is 15.6. The van der Waals surface area contributed by atoms with Crippen LogP contribution in [0.1, 0.15) is 67.3 Å². The van der Waals surface area contributed by atoms with E-state index in [0.717, 1.165) is 18.4 Å². The highest BCUT2D eigenvalue weighted by atomic mass is 16.1. The monoisotopic (exact) mass is 348 g/mol. The summed E-state index contributed by atoms with van der Waals surface area (Å²) in [5.41, 5.74) is 1.56. The van der Waals surface area contributed by atoms with Gasteiger partial charge in [0.2, 0.25) is 0 Å². The van der Waals surface area contributed by atoms with Gasteiger partial charge in [0.25, 0.3) is 0 Å². The second-order valence-electron chi connectivity index (χ2n) is 6.61. The number of hydrogen-bond acceptors (Lipinski definition) is 2. The maximum Gasteiger partial charge on any atom is 0.163 e. The molecular formula is C24H28O2. The number of Topliss-reactive ketones (excluding diaryl/α,β-unsaturated/α-hetero) is 1. The van der Waals surface area contributed by atoms with Gasteiger partial charge >= 0.3 is 0 Å². The molecule has 2 aromatic rings. The molecule has 0 aliphatic rings. The Hall–Kier alpha value is -2.48. The van der Waals surface area contributed by atoms with Gasteiger partial charge in [-0.2, -0.15) is 0 Å². The van der Waals surface area contributed by atoms with Crippen LogP contribution in [0.15, 0.2) is 72.8 Å². The molecule has 0 fully saturated rings. The molecule has 0 spiro atoms. The van der Waals surface area contributed by atoms with Gasteiger partial charge in [-0.1, -0.05) is 92.9 Å². The van der Waals surface area contributed by atoms with Gasteiger partial charge in [0, 0.05) is 12.0 Å². The van der Waals surface area contributed by atoms with Crippen molar-refractivity contribution in [3.8, 4) is 0 Å². The van der Waals surface area contributed by atoms with Crippen LogP contribution in [0.2, 0.25) is 0 Å². The molecule has 136 valence electrons. The minimum atomic E-state index is -0.421. The van der Waals surface area contributed by atoms with E-state index < -0.39 is 5.92 Å². The SMILES string of the molecule is CCCCCC/C=C/C(=O)C(CC(=O)c1ccccc1)c1ccccc1. The van der Waals surface area contributed by atoms with Crippen molar-refractivity contribution in [2.24, 2.45) is 0 Å². The molecule has 0 saturated heterocycles. The van der Waals surface area contributed by atoms with Gasteiger partial charge in [-0.05, 0) is 24.5 Å². The maximum absolute atomic E-state index is 12.8. The van der Waals surface area contributed by atoms with Gasteiger partial charge in [0.1, 0.15) is 0 Å². The molecule has 2 aromatic carbocycles. The first-order valence-corrected chi connectivity index (χ1v) is 9.56. The number of hydrogen-bond donors (Lipinski definition) is 0. The topological polar surface area (TPSA) is 34.1 Å². The Morgan fingerprint density at radius 3 is 2.19 bits per heavy atom. The fraction of sp³-hybridized carbons (Fsp3) is 0.333. The molecule has 0 amide bonds. The summed E-state index contributed by atoms with van der Waals surface area (Å²) in [7, 11) is 0. The molecule has 1 atom stereocenters. The second kappa shape index (κ2) is 11.2. The molecule has 0 bridgehead atoms. The zero-order chi connectivity index (χ0) is 18.6. The Kier molecular flexibility index (Phi) is 8.54. The molecule has 0 N–H and O–H groups in total. The van der Waals surface area contributed by atoms with Gasteiger partial charge in [0.15, 0.2) is 11.6 Å². The standard InChI is InChI=1S/C24H28O2/c1-2-3-4-5-6-13-18-23(25)22(20-14-9-7-10-15-20)19-24(26)21-16-11-8-12-17-21/h7-18,22H,2-6,19H2,1H3/b18-13+. The van der Waals surface area contributed by atoms with Crippen LogP contribution in [0.4, 0.5) is 0 Å². The van der Waals surface area contributed by atoms with E-state index in [1.165, 1.54) is 19.3 Å². The van der Waals surface area contributed by atoms with E-state index >= 15 is 0 Å². The number of ketones is 2. The van der Waals surface area contributed by atoms with Crippen molar-refractivity contribution in [1.29, 1.82) is 0 Å². The number of benzene rings is 2. The number of allylic oxidation sites excluding steroid dienone is 2. The average molecular weight is 348 g/mol. The van der Waals surface area contributed by atoms with Crippen LogP contribution in [0, 0.1) is 0 Å². The predicted octanol–water partition coefficient (Wildman–Crippen LogP) is 6.14. The van der Waals surface area contributed by atoms with Crippen LogP contribution < -0.4 is 0 Å². The highest BCUT2D eigenvalue weighted by Crippen LogP contribution is 2.24. The molecule has 0 aliphatic heterocycles. The molecule has 0 radical (unpaired) electrons. The van der Waals surface area contributed by atoms with Crippen molar-refractivity contribution in [2.45, 2.75) is 51.4 Å². The molecule has 26 heavy (non-hydrogen) atoms. The first-order chi connectivity index (χ1) is 12.7. The Morgan fingerprint density at radius 2 is 1.54 bits per heavy atom. The summed E-state index contributed by atoms with van der Waals surface area (Å²) in [4.78, 5) is 25.4. The lowest BCUT2D eigenvalue weighted by Gasteiger charge is -2.14. The maximum atomic E-state index is 12.8. The molecule has 2 rings (SSSR count). The summed E-state index contributed by atoms with van der Waals surface area (Å²) in [6.07, 6.45) is 9.50. The first-order valence-electron chi connectivity index (χ1n) is 9.56. The van der Waals surface area contributed by atoms with Crippen LogP contribution in [0.3, 0.4) is 0 Å². The third-order valence-corrected chi connectivity index (χ3v) is 4.54. The Morgan fingerprint density at radius 1 is 0.885 bits per heavy atom. The van der Waals surface area contributed by atoms with Gasteiger partial charge in [-0.3, -0.25) is 9.59 Å². The molecule has 0 heterocycles. The van der Waals surface area contributed by atoms with E-state index in [1.807, 2.05) is 54.6 Å². The molecule has 0 saturated carbocycles. The molecule has 2 nitrogen and oxygen atoms in total. The van der Waals surface area contributed by atoms with Crippen LogP contribution in [0.25, 0.3) is 0 Å². The van der Waals surface area contributed by atoms with Crippen molar-refractivity contribution in [2.75, 3.05) is 0 Å². The van der Waals surface area contributed by atoms with Crippen molar-refractivity contribution in [3.05, 3.63) is 83.9 Å². The minimum Gasteiger partial charge on any atom is -0.294 e. The van der Waals surface area contributed by atoms with E-state index in [2.05, 4.69) is 6.92 Å². The fourth-order valence-electron chi connectivity index (χ4n) is 3.00. The largest absolute Gasteiger partial charge is 0.294 e. The van der Waals surface area contributed by atoms with Crippen molar-refractivity contribution in [3.63, 3.8) is 0 Å². The third-order valence-electron chi connectivity index (χ3n) is 4.54. The van der Waals surface area contributed by atoms with Crippen LogP contribution in [-0.2, 0) is 4.79 Å². The molecular weight excluding hydrogens is 320 g/mol. The lowest BCUT2D eigenvalue weighted by atomic mass is 9.88.